The van der Waals surface area contributed by atoms with Crippen LogP contribution in [0.3, 0.4) is 0 Å². The Morgan fingerprint density at radius 3 is 2.73 bits per heavy atom. The Morgan fingerprint density at radius 2 is 1.96 bits per heavy atom. The molecule has 0 aliphatic carbocycles. The molecule has 0 radical (unpaired) electrons. The largest absolute Gasteiger partial charge is 0.493 e. The zero-order valence-electron chi connectivity index (χ0n) is 14.5. The van der Waals surface area contributed by atoms with E-state index in [0.29, 0.717) is 23.9 Å². The number of nitrogens with one attached hydrogen (secondary N) is 1. The lowest BCUT2D eigenvalue weighted by molar-refractivity contribution is 0.0697. The number of benzene rings is 3. The number of hydrogen-bond acceptors (Lipinski definition) is 3. The molecule has 3 rings (SSSR count). The van der Waals surface area contributed by atoms with Crippen molar-refractivity contribution < 1.29 is 14.6 Å². The standard InChI is InChI=1S/C21H20ClNO3/c1-2-11-26-20-10-8-14-5-3-4-6-16(14)17(20)13-23-19-12-15(21(24)25)7-9-18(19)22/h3-10,12,23H,2,11,13H2,1H3,(H,24,25). The van der Waals surface area contributed by atoms with Gasteiger partial charge in [0.25, 0.3) is 0 Å². The van der Waals surface area contributed by atoms with Gasteiger partial charge in [0.2, 0.25) is 0 Å². The summed E-state index contributed by atoms with van der Waals surface area (Å²) in [7, 11) is 0. The Morgan fingerprint density at radius 1 is 1.15 bits per heavy atom. The maximum atomic E-state index is 11.2. The molecule has 26 heavy (non-hydrogen) atoms. The first-order valence-electron chi connectivity index (χ1n) is 8.50. The van der Waals surface area contributed by atoms with E-state index in [4.69, 9.17) is 16.3 Å². The summed E-state index contributed by atoms with van der Waals surface area (Å²) >= 11 is 6.22. The van der Waals surface area contributed by atoms with Gasteiger partial charge in [-0.1, -0.05) is 48.9 Å². The molecule has 5 heteroatoms. The first kappa shape index (κ1) is 18.1. The molecule has 0 saturated heterocycles. The van der Waals surface area contributed by atoms with Gasteiger partial charge in [-0.25, -0.2) is 4.79 Å². The number of carboxylic acids is 1. The maximum Gasteiger partial charge on any atom is 0.335 e. The first-order valence-corrected chi connectivity index (χ1v) is 8.88. The fourth-order valence-corrected chi connectivity index (χ4v) is 3.01. The molecule has 2 N–H and O–H groups in total. The van der Waals surface area contributed by atoms with Gasteiger partial charge >= 0.3 is 5.97 Å². The zero-order chi connectivity index (χ0) is 18.5. The summed E-state index contributed by atoms with van der Waals surface area (Å²) in [6.07, 6.45) is 0.923. The Labute approximate surface area is 157 Å². The van der Waals surface area contributed by atoms with E-state index in [1.165, 1.54) is 6.07 Å². The third-order valence-electron chi connectivity index (χ3n) is 4.13. The van der Waals surface area contributed by atoms with Crippen LogP contribution in [-0.4, -0.2) is 17.7 Å². The third kappa shape index (κ3) is 3.92. The minimum Gasteiger partial charge on any atom is -0.493 e. The normalized spacial score (nSPS) is 10.7. The SMILES string of the molecule is CCCOc1ccc2ccccc2c1CNc1cc(C(=O)O)ccc1Cl. The van der Waals surface area contributed by atoms with E-state index < -0.39 is 5.97 Å². The van der Waals surface area contributed by atoms with Crippen LogP contribution in [0.1, 0.15) is 29.3 Å². The average Bonchev–Trinajstić information content (AvgIpc) is 2.65. The first-order chi connectivity index (χ1) is 12.6. The second-order valence-electron chi connectivity index (χ2n) is 5.97. The van der Waals surface area contributed by atoms with E-state index in [1.54, 1.807) is 12.1 Å². The Kier molecular flexibility index (Phi) is 5.64. The second kappa shape index (κ2) is 8.11. The minimum atomic E-state index is -0.984. The van der Waals surface area contributed by atoms with Crippen LogP contribution < -0.4 is 10.1 Å². The molecule has 3 aromatic rings. The van der Waals surface area contributed by atoms with Crippen molar-refractivity contribution in [1.29, 1.82) is 0 Å². The lowest BCUT2D eigenvalue weighted by Gasteiger charge is -2.16. The lowest BCUT2D eigenvalue weighted by atomic mass is 10.0. The van der Waals surface area contributed by atoms with E-state index in [1.807, 2.05) is 24.3 Å². The van der Waals surface area contributed by atoms with Crippen LogP contribution in [0.4, 0.5) is 5.69 Å². The molecule has 0 saturated carbocycles. The van der Waals surface area contributed by atoms with Crippen molar-refractivity contribution in [3.05, 3.63) is 70.7 Å². The summed E-state index contributed by atoms with van der Waals surface area (Å²) in [5.74, 6) is -0.162. The van der Waals surface area contributed by atoms with Crippen molar-refractivity contribution in [1.82, 2.24) is 0 Å². The van der Waals surface area contributed by atoms with Gasteiger partial charge in [0, 0.05) is 12.1 Å². The van der Waals surface area contributed by atoms with Crippen LogP contribution in [0, 0.1) is 0 Å². The van der Waals surface area contributed by atoms with Crippen LogP contribution in [0.15, 0.2) is 54.6 Å². The highest BCUT2D eigenvalue weighted by atomic mass is 35.5. The van der Waals surface area contributed by atoms with Gasteiger partial charge in [-0.2, -0.15) is 0 Å². The fourth-order valence-electron chi connectivity index (χ4n) is 2.82. The lowest BCUT2D eigenvalue weighted by Crippen LogP contribution is -2.06. The number of anilines is 1. The Balaban J connectivity index is 1.95. The van der Waals surface area contributed by atoms with Crippen molar-refractivity contribution in [3.63, 3.8) is 0 Å². The number of rotatable bonds is 7. The van der Waals surface area contributed by atoms with Gasteiger partial charge in [-0.3, -0.25) is 0 Å². The molecule has 134 valence electrons. The molecule has 0 aliphatic rings. The highest BCUT2D eigenvalue weighted by Gasteiger charge is 2.11. The fraction of sp³-hybridized carbons (Fsp3) is 0.190. The van der Waals surface area contributed by atoms with E-state index in [0.717, 1.165) is 28.5 Å². The number of carbonyl (C=O) groups is 1. The predicted octanol–water partition coefficient (Wildman–Crippen LogP) is 5.59. The predicted molar refractivity (Wildman–Crippen MR) is 105 cm³/mol. The molecule has 0 aliphatic heterocycles. The molecule has 4 nitrogen and oxygen atoms in total. The number of hydrogen-bond donors (Lipinski definition) is 2. The summed E-state index contributed by atoms with van der Waals surface area (Å²) in [5.41, 5.74) is 1.80. The van der Waals surface area contributed by atoms with Gasteiger partial charge in [-0.05, 0) is 41.5 Å². The molecule has 0 heterocycles. The third-order valence-corrected chi connectivity index (χ3v) is 4.46. The highest BCUT2D eigenvalue weighted by Crippen LogP contribution is 2.30. The summed E-state index contributed by atoms with van der Waals surface area (Å²) in [6.45, 7) is 3.18. The van der Waals surface area contributed by atoms with Crippen molar-refractivity contribution in [2.75, 3.05) is 11.9 Å². The average molecular weight is 370 g/mol. The van der Waals surface area contributed by atoms with Crippen LogP contribution in [0.5, 0.6) is 5.75 Å². The zero-order valence-corrected chi connectivity index (χ0v) is 15.2. The van der Waals surface area contributed by atoms with Crippen LogP contribution >= 0.6 is 11.6 Å². The topological polar surface area (TPSA) is 58.6 Å². The maximum absolute atomic E-state index is 11.2. The van der Waals surface area contributed by atoms with Gasteiger partial charge in [0.05, 0.1) is 22.9 Å². The van der Waals surface area contributed by atoms with E-state index in [2.05, 4.69) is 24.4 Å². The van der Waals surface area contributed by atoms with Crippen molar-refractivity contribution in [2.24, 2.45) is 0 Å². The number of aromatic carboxylic acids is 1. The van der Waals surface area contributed by atoms with Crippen molar-refractivity contribution in [2.45, 2.75) is 19.9 Å². The van der Waals surface area contributed by atoms with Crippen LogP contribution in [-0.2, 0) is 6.54 Å². The molecule has 0 aromatic heterocycles. The summed E-state index contributed by atoms with van der Waals surface area (Å²) in [4.78, 5) is 11.2. The minimum absolute atomic E-state index is 0.192. The molecule has 0 atom stereocenters. The quantitative estimate of drug-likeness (QED) is 0.569. The van der Waals surface area contributed by atoms with Crippen LogP contribution in [0.2, 0.25) is 5.02 Å². The van der Waals surface area contributed by atoms with E-state index in [-0.39, 0.29) is 5.56 Å². The monoisotopic (exact) mass is 369 g/mol. The molecule has 0 bridgehead atoms. The molecule has 3 aromatic carbocycles. The molecule has 0 unspecified atom stereocenters. The summed E-state index contributed by atoms with van der Waals surface area (Å²) in [5, 5.41) is 15.1. The van der Waals surface area contributed by atoms with Gasteiger partial charge in [0.1, 0.15) is 5.75 Å². The van der Waals surface area contributed by atoms with E-state index >= 15 is 0 Å². The Bertz CT molecular complexity index is 940. The van der Waals surface area contributed by atoms with Gasteiger partial charge in [-0.15, -0.1) is 0 Å². The summed E-state index contributed by atoms with van der Waals surface area (Å²) in [6, 6.07) is 16.7. The molecule has 0 spiro atoms. The number of fused-ring (bicyclic) bond motifs is 1. The molecule has 0 amide bonds. The summed E-state index contributed by atoms with van der Waals surface area (Å²) < 4.78 is 5.91. The smallest absolute Gasteiger partial charge is 0.335 e. The second-order valence-corrected chi connectivity index (χ2v) is 6.37. The van der Waals surface area contributed by atoms with Crippen molar-refractivity contribution >= 4 is 34.0 Å². The number of carboxylic acid groups (broad SMARTS) is 1. The Hall–Kier alpha value is -2.72. The number of ether oxygens (including phenoxy) is 1. The van der Waals surface area contributed by atoms with Gasteiger partial charge < -0.3 is 15.2 Å². The van der Waals surface area contributed by atoms with Gasteiger partial charge in [0.15, 0.2) is 0 Å². The molecular formula is C21H20ClNO3. The molecule has 0 fully saturated rings. The number of halogens is 1. The van der Waals surface area contributed by atoms with Crippen LogP contribution in [0.25, 0.3) is 10.8 Å². The highest BCUT2D eigenvalue weighted by molar-refractivity contribution is 6.33. The van der Waals surface area contributed by atoms with Crippen molar-refractivity contribution in [3.8, 4) is 5.75 Å². The van der Waals surface area contributed by atoms with E-state index in [9.17, 15) is 9.90 Å². The molecular weight excluding hydrogens is 350 g/mol.